The molecule has 1 saturated carbocycles. The summed E-state index contributed by atoms with van der Waals surface area (Å²) in [5.41, 5.74) is -0.0474. The average Bonchev–Trinajstić information content (AvgIpc) is 3.59. The first-order chi connectivity index (χ1) is 16.3. The molecule has 2 heterocycles. The van der Waals surface area contributed by atoms with Crippen LogP contribution in [0.5, 0.6) is 0 Å². The number of piperidine rings is 1. The molecule has 5 nitrogen and oxygen atoms in total. The number of piperazine rings is 1. The molecule has 1 aromatic rings. The molecule has 0 radical (unpaired) electrons. The predicted octanol–water partition coefficient (Wildman–Crippen LogP) is 5.95. The van der Waals surface area contributed by atoms with Crippen molar-refractivity contribution >= 4 is 6.09 Å². The summed E-state index contributed by atoms with van der Waals surface area (Å²) in [7, 11) is 0. The highest BCUT2D eigenvalue weighted by molar-refractivity contribution is 5.68. The maximum Gasteiger partial charge on any atom is 0.416 e. The molecule has 1 aromatic carbocycles. The third kappa shape index (κ3) is 6.13. The molecule has 1 unspecified atom stereocenters. The standard InChI is InChI=1S/C27H40F3N3O2/c1-19-18-32(26(5)12-14-31(15-13-26)24(34)35-25(2,3)4)16-17-33(19)23(20-6-7-20)21-8-10-22(11-9-21)27(28,29)30/h8-11,19-20,23H,6-7,12-18H2,1-5H3/t19-,23?/m0/s1. The molecule has 0 N–H and O–H groups in total. The third-order valence-corrected chi connectivity index (χ3v) is 7.94. The molecule has 2 atom stereocenters. The quantitative estimate of drug-likeness (QED) is 0.517. The lowest BCUT2D eigenvalue weighted by Crippen LogP contribution is -2.62. The van der Waals surface area contributed by atoms with Crippen molar-refractivity contribution in [1.82, 2.24) is 14.7 Å². The summed E-state index contributed by atoms with van der Waals surface area (Å²) in [4.78, 5) is 19.4. The highest BCUT2D eigenvalue weighted by Crippen LogP contribution is 2.46. The number of carbonyl (C=O) groups excluding carboxylic acids is 1. The number of amides is 1. The summed E-state index contributed by atoms with van der Waals surface area (Å²) >= 11 is 0. The Balaban J connectivity index is 1.38. The van der Waals surface area contributed by atoms with Crippen LogP contribution < -0.4 is 0 Å². The largest absolute Gasteiger partial charge is 0.444 e. The molecule has 3 fully saturated rings. The Morgan fingerprint density at radius 1 is 1.03 bits per heavy atom. The lowest BCUT2D eigenvalue weighted by atomic mass is 9.86. The predicted molar refractivity (Wildman–Crippen MR) is 130 cm³/mol. The minimum absolute atomic E-state index is 0.0301. The van der Waals surface area contributed by atoms with E-state index >= 15 is 0 Å². The maximum atomic E-state index is 13.1. The number of likely N-dealkylation sites (tertiary alicyclic amines) is 1. The number of alkyl halides is 3. The summed E-state index contributed by atoms with van der Waals surface area (Å²) in [6, 6.07) is 6.29. The van der Waals surface area contributed by atoms with E-state index in [1.165, 1.54) is 12.1 Å². The van der Waals surface area contributed by atoms with Gasteiger partial charge in [-0.25, -0.2) is 4.79 Å². The fraction of sp³-hybridized carbons (Fsp3) is 0.741. The molecule has 0 spiro atoms. The second kappa shape index (κ2) is 9.58. The first-order valence-corrected chi connectivity index (χ1v) is 12.9. The Kier molecular flexibility index (Phi) is 7.19. The van der Waals surface area contributed by atoms with Gasteiger partial charge in [0.1, 0.15) is 5.60 Å². The SMILES string of the molecule is C[C@H]1CN(C2(C)CCN(C(=O)OC(C)(C)C)CC2)CCN1C(c1ccc(C(F)(F)F)cc1)C1CC1. The van der Waals surface area contributed by atoms with Crippen molar-refractivity contribution in [3.05, 3.63) is 35.4 Å². The van der Waals surface area contributed by atoms with Crippen LogP contribution >= 0.6 is 0 Å². The van der Waals surface area contributed by atoms with Gasteiger partial charge in [0.05, 0.1) is 5.56 Å². The molecule has 196 valence electrons. The average molecular weight is 496 g/mol. The molecule has 3 aliphatic rings. The molecule has 35 heavy (non-hydrogen) atoms. The van der Waals surface area contributed by atoms with Gasteiger partial charge in [-0.05, 0) is 83.9 Å². The third-order valence-electron chi connectivity index (χ3n) is 7.94. The van der Waals surface area contributed by atoms with Gasteiger partial charge in [0.15, 0.2) is 0 Å². The van der Waals surface area contributed by atoms with Crippen LogP contribution in [0.2, 0.25) is 0 Å². The minimum Gasteiger partial charge on any atom is -0.444 e. The van der Waals surface area contributed by atoms with Gasteiger partial charge >= 0.3 is 12.3 Å². The van der Waals surface area contributed by atoms with Crippen molar-refractivity contribution in [3.63, 3.8) is 0 Å². The van der Waals surface area contributed by atoms with Crippen molar-refractivity contribution in [2.45, 2.75) is 89.7 Å². The van der Waals surface area contributed by atoms with Crippen molar-refractivity contribution in [2.75, 3.05) is 32.7 Å². The normalized spacial score (nSPS) is 25.4. The number of halogens is 3. The van der Waals surface area contributed by atoms with E-state index in [2.05, 4.69) is 23.6 Å². The van der Waals surface area contributed by atoms with E-state index in [0.29, 0.717) is 25.0 Å². The van der Waals surface area contributed by atoms with Crippen molar-refractivity contribution < 1.29 is 22.7 Å². The van der Waals surface area contributed by atoms with Crippen LogP contribution in [0.15, 0.2) is 24.3 Å². The van der Waals surface area contributed by atoms with E-state index in [4.69, 9.17) is 4.74 Å². The second-order valence-corrected chi connectivity index (χ2v) is 11.9. The van der Waals surface area contributed by atoms with Crippen LogP contribution in [0.3, 0.4) is 0 Å². The van der Waals surface area contributed by atoms with E-state index in [9.17, 15) is 18.0 Å². The van der Waals surface area contributed by atoms with Crippen LogP contribution in [0.4, 0.5) is 18.0 Å². The highest BCUT2D eigenvalue weighted by atomic mass is 19.4. The monoisotopic (exact) mass is 495 g/mol. The Bertz CT molecular complexity index is 884. The summed E-state index contributed by atoms with van der Waals surface area (Å²) in [6.07, 6.45) is -0.454. The molecule has 4 rings (SSSR count). The first kappa shape index (κ1) is 26.3. The van der Waals surface area contributed by atoms with Gasteiger partial charge in [-0.3, -0.25) is 9.80 Å². The fourth-order valence-electron chi connectivity index (χ4n) is 5.70. The van der Waals surface area contributed by atoms with Crippen LogP contribution in [-0.2, 0) is 10.9 Å². The summed E-state index contributed by atoms with van der Waals surface area (Å²) in [5, 5.41) is 0. The lowest BCUT2D eigenvalue weighted by molar-refractivity contribution is -0.137. The topological polar surface area (TPSA) is 36.0 Å². The number of benzene rings is 1. The molecular weight excluding hydrogens is 455 g/mol. The van der Waals surface area contributed by atoms with E-state index in [1.807, 2.05) is 25.7 Å². The summed E-state index contributed by atoms with van der Waals surface area (Å²) in [6.45, 7) is 14.3. The zero-order chi connectivity index (χ0) is 25.6. The molecule has 8 heteroatoms. The van der Waals surface area contributed by atoms with Crippen molar-refractivity contribution in [3.8, 4) is 0 Å². The van der Waals surface area contributed by atoms with Crippen LogP contribution in [0.1, 0.15) is 77.5 Å². The molecule has 1 aliphatic carbocycles. The van der Waals surface area contributed by atoms with Gasteiger partial charge in [-0.15, -0.1) is 0 Å². The van der Waals surface area contributed by atoms with Crippen LogP contribution in [-0.4, -0.2) is 70.7 Å². The van der Waals surface area contributed by atoms with Gasteiger partial charge < -0.3 is 9.64 Å². The number of hydrogen-bond acceptors (Lipinski definition) is 4. The Hall–Kier alpha value is -1.80. The van der Waals surface area contributed by atoms with E-state index in [0.717, 1.165) is 50.9 Å². The zero-order valence-corrected chi connectivity index (χ0v) is 21.7. The van der Waals surface area contributed by atoms with E-state index in [-0.39, 0.29) is 17.7 Å². The smallest absolute Gasteiger partial charge is 0.416 e. The fourth-order valence-corrected chi connectivity index (χ4v) is 5.70. The lowest BCUT2D eigenvalue weighted by Gasteiger charge is -2.53. The number of ether oxygens (including phenoxy) is 1. The zero-order valence-electron chi connectivity index (χ0n) is 21.7. The molecule has 2 saturated heterocycles. The van der Waals surface area contributed by atoms with E-state index < -0.39 is 17.3 Å². The Morgan fingerprint density at radius 3 is 2.11 bits per heavy atom. The molecule has 1 amide bonds. The van der Waals surface area contributed by atoms with Crippen LogP contribution in [0, 0.1) is 5.92 Å². The van der Waals surface area contributed by atoms with Gasteiger partial charge in [0.25, 0.3) is 0 Å². The second-order valence-electron chi connectivity index (χ2n) is 11.9. The molecule has 0 bridgehead atoms. The van der Waals surface area contributed by atoms with Gasteiger partial charge in [-0.1, -0.05) is 12.1 Å². The number of nitrogens with zero attached hydrogens (tertiary/aromatic N) is 3. The molecular formula is C27H40F3N3O2. The summed E-state index contributed by atoms with van der Waals surface area (Å²) < 4.78 is 44.7. The maximum absolute atomic E-state index is 13.1. The number of hydrogen-bond donors (Lipinski definition) is 0. The number of rotatable bonds is 4. The van der Waals surface area contributed by atoms with Crippen molar-refractivity contribution in [1.29, 1.82) is 0 Å². The molecule has 0 aromatic heterocycles. The Morgan fingerprint density at radius 2 is 1.63 bits per heavy atom. The highest BCUT2D eigenvalue weighted by Gasteiger charge is 2.44. The van der Waals surface area contributed by atoms with Gasteiger partial charge in [0, 0.05) is 50.3 Å². The first-order valence-electron chi connectivity index (χ1n) is 12.9. The van der Waals surface area contributed by atoms with Gasteiger partial charge in [0.2, 0.25) is 0 Å². The number of carbonyl (C=O) groups is 1. The minimum atomic E-state index is -4.30. The summed E-state index contributed by atoms with van der Waals surface area (Å²) in [5.74, 6) is 0.522. The van der Waals surface area contributed by atoms with E-state index in [1.54, 1.807) is 12.1 Å². The van der Waals surface area contributed by atoms with Crippen molar-refractivity contribution in [2.24, 2.45) is 5.92 Å². The molecule has 2 aliphatic heterocycles. The van der Waals surface area contributed by atoms with Crippen LogP contribution in [0.25, 0.3) is 0 Å². The Labute approximate surface area is 207 Å². The van der Waals surface area contributed by atoms with Gasteiger partial charge in [-0.2, -0.15) is 13.2 Å².